The van der Waals surface area contributed by atoms with Gasteiger partial charge >= 0.3 is 0 Å². The number of nitrogens with one attached hydrogen (secondary N) is 2. The summed E-state index contributed by atoms with van der Waals surface area (Å²) in [7, 11) is 0. The van der Waals surface area contributed by atoms with Gasteiger partial charge in [0.1, 0.15) is 23.0 Å². The van der Waals surface area contributed by atoms with Crippen molar-refractivity contribution in [2.24, 2.45) is 0 Å². The molecule has 8 bridgehead atoms. The Morgan fingerprint density at radius 1 is 0.355 bits per heavy atom. The minimum atomic E-state index is -0.693. The van der Waals surface area contributed by atoms with Crippen molar-refractivity contribution in [3.05, 3.63) is 176 Å². The predicted octanol–water partition coefficient (Wildman–Crippen LogP) is 13.6. The van der Waals surface area contributed by atoms with Crippen molar-refractivity contribution in [2.45, 2.75) is 130 Å². The molecule has 0 saturated carbocycles. The van der Waals surface area contributed by atoms with E-state index in [1.165, 1.54) is 0 Å². The summed E-state index contributed by atoms with van der Waals surface area (Å²) in [5, 5.41) is 58.5. The second kappa shape index (κ2) is 16.1. The number of phenolic OH excluding ortho intramolecular Hbond substituents is 4. The lowest BCUT2D eigenvalue weighted by molar-refractivity contribution is 0.443. The van der Waals surface area contributed by atoms with E-state index < -0.39 is 12.1 Å². The van der Waals surface area contributed by atoms with E-state index in [4.69, 9.17) is 0 Å². The first-order chi connectivity index (χ1) is 28.9. The fraction of sp³-hybridized carbons (Fsp3) is 0.357. The Balaban J connectivity index is 1.66. The summed E-state index contributed by atoms with van der Waals surface area (Å²) in [5.74, 6) is 0.387. The SMILES string of the molecule is CC(C)(C)c1cc2c(O)c(c1)C(Nc1ccccc1)c1cc(C(C)(C)C)cc(c1O)Cc1cc(C(C)(C)C)cc(c1O)C(Nc1ccccc1)c1cc(C(C)(C)C)cc(c1O)C2. The number of benzene rings is 6. The highest BCUT2D eigenvalue weighted by atomic mass is 16.3. The maximum atomic E-state index is 12.7. The van der Waals surface area contributed by atoms with E-state index >= 15 is 0 Å². The number of anilines is 2. The summed E-state index contributed by atoms with van der Waals surface area (Å²) in [5.41, 5.74) is 9.55. The van der Waals surface area contributed by atoms with E-state index in [2.05, 4.69) is 142 Å². The molecule has 324 valence electrons. The number of fused-ring (bicyclic) bond motifs is 8. The third-order valence-electron chi connectivity index (χ3n) is 12.5. The summed E-state index contributed by atoms with van der Waals surface area (Å²) in [6, 6.07) is 34.9. The molecular weight excluding hydrogens is 765 g/mol. The van der Waals surface area contributed by atoms with Crippen LogP contribution in [0.4, 0.5) is 11.4 Å². The Bertz CT molecular complexity index is 2280. The van der Waals surface area contributed by atoms with Crippen LogP contribution in [0.3, 0.4) is 0 Å². The van der Waals surface area contributed by atoms with Gasteiger partial charge in [-0.05, 0) is 115 Å². The number of aromatic hydroxyl groups is 4. The van der Waals surface area contributed by atoms with Crippen LogP contribution in [0.5, 0.6) is 23.0 Å². The lowest BCUT2D eigenvalue weighted by Gasteiger charge is -2.31. The quantitative estimate of drug-likeness (QED) is 0.106. The Kier molecular flexibility index (Phi) is 11.5. The van der Waals surface area contributed by atoms with Gasteiger partial charge < -0.3 is 31.1 Å². The third-order valence-corrected chi connectivity index (χ3v) is 12.5. The summed E-state index contributed by atoms with van der Waals surface area (Å²) >= 11 is 0. The number of phenols is 4. The topological polar surface area (TPSA) is 105 Å². The number of para-hydroxylation sites is 2. The predicted molar refractivity (Wildman–Crippen MR) is 257 cm³/mol. The number of rotatable bonds is 4. The monoisotopic (exact) mass is 831 g/mol. The molecule has 0 atom stereocenters. The van der Waals surface area contributed by atoms with Crippen LogP contribution >= 0.6 is 0 Å². The van der Waals surface area contributed by atoms with E-state index in [1.54, 1.807) is 0 Å². The molecule has 0 saturated heterocycles. The van der Waals surface area contributed by atoms with Crippen LogP contribution in [0.25, 0.3) is 0 Å². The van der Waals surface area contributed by atoms with Crippen LogP contribution in [0.2, 0.25) is 0 Å². The van der Waals surface area contributed by atoms with Crippen LogP contribution in [0.15, 0.2) is 109 Å². The Labute approximate surface area is 369 Å². The molecule has 0 heterocycles. The summed E-state index contributed by atoms with van der Waals surface area (Å²) in [6.07, 6.45) is 0.445. The fourth-order valence-corrected chi connectivity index (χ4v) is 8.49. The summed E-state index contributed by atoms with van der Waals surface area (Å²) in [6.45, 7) is 26.0. The Hall–Kier alpha value is -5.88. The summed E-state index contributed by atoms with van der Waals surface area (Å²) < 4.78 is 0. The number of hydrogen-bond acceptors (Lipinski definition) is 6. The molecule has 0 aromatic heterocycles. The van der Waals surface area contributed by atoms with E-state index in [9.17, 15) is 20.4 Å². The molecule has 7 rings (SSSR count). The molecule has 6 aromatic carbocycles. The first-order valence-corrected chi connectivity index (χ1v) is 22.0. The standard InChI is InChI=1S/C56H66N2O4/c1-53(2,3)37-25-33-23-34-26-38(54(4,5)6)31-45(50(34)60)48(58-42-21-17-14-18-22-42)46-32-40(56(10,11)12)28-36(52(46)62)24-35-27-39(55(7,8)9)30-44(51(35)61)47(43(29-37)49(33)59)57-41-19-15-13-16-20-41/h13-22,25-32,47-48,57-62H,23-24H2,1-12H3. The molecule has 6 aromatic rings. The van der Waals surface area contributed by atoms with Gasteiger partial charge in [-0.1, -0.05) is 144 Å². The van der Waals surface area contributed by atoms with Crippen molar-refractivity contribution in [2.75, 3.05) is 10.6 Å². The molecule has 6 nitrogen and oxygen atoms in total. The lowest BCUT2D eigenvalue weighted by atomic mass is 9.77. The van der Waals surface area contributed by atoms with Gasteiger partial charge in [0.05, 0.1) is 12.1 Å². The zero-order chi connectivity index (χ0) is 45.1. The number of hydrogen-bond donors (Lipinski definition) is 6. The maximum absolute atomic E-state index is 12.7. The van der Waals surface area contributed by atoms with E-state index in [0.717, 1.165) is 33.6 Å². The molecule has 0 fully saturated rings. The van der Waals surface area contributed by atoms with Crippen molar-refractivity contribution in [3.8, 4) is 23.0 Å². The second-order valence-electron chi connectivity index (χ2n) is 21.5. The van der Waals surface area contributed by atoms with Crippen molar-refractivity contribution >= 4 is 11.4 Å². The van der Waals surface area contributed by atoms with E-state index in [0.29, 0.717) is 44.5 Å². The highest BCUT2D eigenvalue weighted by Crippen LogP contribution is 2.48. The normalized spacial score (nSPS) is 15.9. The Morgan fingerprint density at radius 2 is 0.581 bits per heavy atom. The molecule has 1 aliphatic rings. The first kappa shape index (κ1) is 44.2. The zero-order valence-corrected chi connectivity index (χ0v) is 38.8. The average molecular weight is 831 g/mol. The van der Waals surface area contributed by atoms with E-state index in [1.807, 2.05) is 60.7 Å². The van der Waals surface area contributed by atoms with Gasteiger partial charge in [0, 0.05) is 46.5 Å². The molecule has 0 unspecified atom stereocenters. The van der Waals surface area contributed by atoms with Crippen LogP contribution in [-0.4, -0.2) is 20.4 Å². The van der Waals surface area contributed by atoms with Gasteiger partial charge in [-0.15, -0.1) is 0 Å². The summed E-state index contributed by atoms with van der Waals surface area (Å²) in [4.78, 5) is 0. The Morgan fingerprint density at radius 3 is 0.790 bits per heavy atom. The van der Waals surface area contributed by atoms with Gasteiger partial charge in [-0.25, -0.2) is 0 Å². The lowest BCUT2D eigenvalue weighted by Crippen LogP contribution is -2.20. The van der Waals surface area contributed by atoms with Gasteiger partial charge in [-0.2, -0.15) is 0 Å². The third kappa shape index (κ3) is 9.02. The van der Waals surface area contributed by atoms with E-state index in [-0.39, 0.29) is 57.5 Å². The van der Waals surface area contributed by atoms with Gasteiger partial charge in [0.2, 0.25) is 0 Å². The molecule has 6 heteroatoms. The first-order valence-electron chi connectivity index (χ1n) is 22.0. The highest BCUT2D eigenvalue weighted by molar-refractivity contribution is 5.65. The van der Waals surface area contributed by atoms with Crippen LogP contribution in [0, 0.1) is 0 Å². The van der Waals surface area contributed by atoms with Crippen LogP contribution < -0.4 is 10.6 Å². The minimum Gasteiger partial charge on any atom is -0.507 e. The average Bonchev–Trinajstić information content (AvgIpc) is 3.18. The molecule has 1 aliphatic carbocycles. The van der Waals surface area contributed by atoms with Crippen molar-refractivity contribution in [1.82, 2.24) is 0 Å². The maximum Gasteiger partial charge on any atom is 0.124 e. The molecule has 62 heavy (non-hydrogen) atoms. The van der Waals surface area contributed by atoms with Crippen LogP contribution in [-0.2, 0) is 34.5 Å². The van der Waals surface area contributed by atoms with Crippen molar-refractivity contribution in [3.63, 3.8) is 0 Å². The largest absolute Gasteiger partial charge is 0.507 e. The second-order valence-corrected chi connectivity index (χ2v) is 21.5. The van der Waals surface area contributed by atoms with Crippen molar-refractivity contribution < 1.29 is 20.4 Å². The molecular formula is C56H66N2O4. The highest BCUT2D eigenvalue weighted by Gasteiger charge is 2.33. The molecule has 0 spiro atoms. The molecule has 0 radical (unpaired) electrons. The van der Waals surface area contributed by atoms with Crippen molar-refractivity contribution in [1.29, 1.82) is 0 Å². The smallest absolute Gasteiger partial charge is 0.124 e. The molecule has 6 N–H and O–H groups in total. The minimum absolute atomic E-state index is 0.0967. The van der Waals surface area contributed by atoms with Gasteiger partial charge in [-0.3, -0.25) is 0 Å². The zero-order valence-electron chi connectivity index (χ0n) is 38.8. The molecule has 0 aliphatic heterocycles. The fourth-order valence-electron chi connectivity index (χ4n) is 8.49. The van der Waals surface area contributed by atoms with Gasteiger partial charge in [0.25, 0.3) is 0 Å². The molecule has 0 amide bonds. The van der Waals surface area contributed by atoms with Crippen LogP contribution in [0.1, 0.15) is 162 Å². The van der Waals surface area contributed by atoms with Gasteiger partial charge in [0.15, 0.2) is 0 Å².